The van der Waals surface area contributed by atoms with Crippen LogP contribution in [0.4, 0.5) is 4.39 Å². The highest BCUT2D eigenvalue weighted by Crippen LogP contribution is 2.22. The Morgan fingerprint density at radius 3 is 2.69 bits per heavy atom. The second-order valence-corrected chi connectivity index (χ2v) is 2.62. The quantitative estimate of drug-likeness (QED) is 0.697. The lowest BCUT2D eigenvalue weighted by atomic mass is 10.1. The monoisotopic (exact) mass is 179 g/mol. The fourth-order valence-corrected chi connectivity index (χ4v) is 1.11. The van der Waals surface area contributed by atoms with Crippen molar-refractivity contribution >= 4 is 0 Å². The lowest BCUT2D eigenvalue weighted by Gasteiger charge is -2.05. The van der Waals surface area contributed by atoms with Gasteiger partial charge < -0.3 is 4.74 Å². The summed E-state index contributed by atoms with van der Waals surface area (Å²) in [5, 5.41) is 8.62. The molecule has 0 N–H and O–H groups in total. The van der Waals surface area contributed by atoms with Gasteiger partial charge in [0.15, 0.2) is 0 Å². The Bertz CT molecular complexity index is 355. The number of rotatable bonds is 2. The fourth-order valence-electron chi connectivity index (χ4n) is 1.11. The average Bonchev–Trinajstić information content (AvgIpc) is 2.16. The molecule has 0 saturated heterocycles. The highest BCUT2D eigenvalue weighted by atomic mass is 19.1. The van der Waals surface area contributed by atoms with Gasteiger partial charge in [-0.1, -0.05) is 6.92 Å². The molecule has 0 spiro atoms. The summed E-state index contributed by atoms with van der Waals surface area (Å²) in [6, 6.07) is 4.81. The highest BCUT2D eigenvalue weighted by molar-refractivity contribution is 5.46. The summed E-state index contributed by atoms with van der Waals surface area (Å²) in [4.78, 5) is 0. The maximum atomic E-state index is 13.2. The van der Waals surface area contributed by atoms with Crippen LogP contribution in [0.2, 0.25) is 0 Å². The van der Waals surface area contributed by atoms with Crippen LogP contribution in [0.15, 0.2) is 12.1 Å². The lowest BCUT2D eigenvalue weighted by Crippen LogP contribution is -1.94. The van der Waals surface area contributed by atoms with Gasteiger partial charge in [-0.2, -0.15) is 5.26 Å². The van der Waals surface area contributed by atoms with E-state index >= 15 is 0 Å². The molecule has 0 fully saturated rings. The first kappa shape index (κ1) is 9.53. The molecule has 2 nitrogen and oxygen atoms in total. The van der Waals surface area contributed by atoms with Crippen molar-refractivity contribution in [3.8, 4) is 11.8 Å². The first-order chi connectivity index (χ1) is 6.22. The summed E-state index contributed by atoms with van der Waals surface area (Å²) < 4.78 is 18.1. The van der Waals surface area contributed by atoms with Crippen molar-refractivity contribution in [1.82, 2.24) is 0 Å². The number of aryl methyl sites for hydroxylation is 1. The predicted molar refractivity (Wildman–Crippen MR) is 47.0 cm³/mol. The fraction of sp³-hybridized carbons (Fsp3) is 0.300. The smallest absolute Gasteiger partial charge is 0.145 e. The minimum atomic E-state index is -0.515. The van der Waals surface area contributed by atoms with Gasteiger partial charge in [-0.3, -0.25) is 0 Å². The molecule has 0 aromatic heterocycles. The molecular formula is C10H10FNO. The summed E-state index contributed by atoms with van der Waals surface area (Å²) in [5.74, 6) is -0.210. The van der Waals surface area contributed by atoms with E-state index in [2.05, 4.69) is 0 Å². The number of nitriles is 1. The Labute approximate surface area is 76.6 Å². The largest absolute Gasteiger partial charge is 0.495 e. The van der Waals surface area contributed by atoms with Gasteiger partial charge in [0.1, 0.15) is 23.2 Å². The van der Waals surface area contributed by atoms with Crippen molar-refractivity contribution in [2.24, 2.45) is 0 Å². The topological polar surface area (TPSA) is 33.0 Å². The minimum absolute atomic E-state index is 0.0281. The third kappa shape index (κ3) is 1.78. The number of ether oxygens (including phenoxy) is 1. The molecule has 68 valence electrons. The van der Waals surface area contributed by atoms with Crippen molar-refractivity contribution in [2.75, 3.05) is 7.11 Å². The maximum Gasteiger partial charge on any atom is 0.145 e. The van der Waals surface area contributed by atoms with E-state index in [1.54, 1.807) is 12.1 Å². The van der Waals surface area contributed by atoms with E-state index in [1.807, 2.05) is 6.92 Å². The first-order valence-electron chi connectivity index (χ1n) is 3.99. The van der Waals surface area contributed by atoms with Crippen LogP contribution in [0, 0.1) is 17.1 Å². The normalized spacial score (nSPS) is 9.38. The number of hydrogen-bond acceptors (Lipinski definition) is 2. The number of halogens is 1. The molecule has 13 heavy (non-hydrogen) atoms. The van der Waals surface area contributed by atoms with Crippen LogP contribution in [0.25, 0.3) is 0 Å². The number of nitrogens with zero attached hydrogens (tertiary/aromatic N) is 1. The van der Waals surface area contributed by atoms with E-state index < -0.39 is 5.82 Å². The highest BCUT2D eigenvalue weighted by Gasteiger charge is 2.09. The van der Waals surface area contributed by atoms with Crippen molar-refractivity contribution in [3.05, 3.63) is 29.1 Å². The third-order valence-corrected chi connectivity index (χ3v) is 1.85. The van der Waals surface area contributed by atoms with Gasteiger partial charge in [-0.25, -0.2) is 4.39 Å². The van der Waals surface area contributed by atoms with Crippen LogP contribution in [0.1, 0.15) is 18.1 Å². The predicted octanol–water partition coefficient (Wildman–Crippen LogP) is 2.27. The summed E-state index contributed by atoms with van der Waals surface area (Å²) in [6.07, 6.45) is 0.721. The van der Waals surface area contributed by atoms with E-state index in [1.165, 1.54) is 13.2 Å². The van der Waals surface area contributed by atoms with Crippen LogP contribution in [0.3, 0.4) is 0 Å². The van der Waals surface area contributed by atoms with Crippen LogP contribution < -0.4 is 4.74 Å². The van der Waals surface area contributed by atoms with Gasteiger partial charge in [0.2, 0.25) is 0 Å². The third-order valence-electron chi connectivity index (χ3n) is 1.85. The number of methoxy groups -OCH3 is 1. The molecule has 0 bridgehead atoms. The van der Waals surface area contributed by atoms with E-state index in [9.17, 15) is 4.39 Å². The van der Waals surface area contributed by atoms with Crippen molar-refractivity contribution in [1.29, 1.82) is 5.26 Å². The molecule has 0 aliphatic rings. The molecule has 0 heterocycles. The van der Waals surface area contributed by atoms with E-state index in [0.29, 0.717) is 5.75 Å². The molecule has 1 rings (SSSR count). The summed E-state index contributed by atoms with van der Waals surface area (Å²) >= 11 is 0. The molecule has 0 amide bonds. The van der Waals surface area contributed by atoms with Gasteiger partial charge in [0.25, 0.3) is 0 Å². The average molecular weight is 179 g/mol. The molecular weight excluding hydrogens is 169 g/mol. The van der Waals surface area contributed by atoms with E-state index in [4.69, 9.17) is 10.00 Å². The minimum Gasteiger partial charge on any atom is -0.495 e. The van der Waals surface area contributed by atoms with Gasteiger partial charge in [-0.05, 0) is 24.1 Å². The summed E-state index contributed by atoms with van der Waals surface area (Å²) in [6.45, 7) is 1.92. The second-order valence-electron chi connectivity index (χ2n) is 2.62. The van der Waals surface area contributed by atoms with Crippen molar-refractivity contribution in [3.63, 3.8) is 0 Å². The zero-order valence-electron chi connectivity index (χ0n) is 7.60. The van der Waals surface area contributed by atoms with Crippen LogP contribution >= 0.6 is 0 Å². The summed E-state index contributed by atoms with van der Waals surface area (Å²) in [7, 11) is 1.43. The molecule has 0 atom stereocenters. The Kier molecular flexibility index (Phi) is 2.86. The Balaban J connectivity index is 3.31. The maximum absolute atomic E-state index is 13.2. The number of benzene rings is 1. The van der Waals surface area contributed by atoms with Gasteiger partial charge in [0, 0.05) is 0 Å². The van der Waals surface area contributed by atoms with Gasteiger partial charge >= 0.3 is 0 Å². The molecule has 1 aromatic rings. The Morgan fingerprint density at radius 1 is 1.54 bits per heavy atom. The zero-order valence-corrected chi connectivity index (χ0v) is 7.60. The van der Waals surface area contributed by atoms with Crippen LogP contribution in [-0.2, 0) is 6.42 Å². The molecule has 3 heteroatoms. The summed E-state index contributed by atoms with van der Waals surface area (Å²) in [5.41, 5.74) is 0.799. The molecule has 1 aromatic carbocycles. The molecule has 0 aliphatic heterocycles. The first-order valence-corrected chi connectivity index (χ1v) is 3.99. The lowest BCUT2D eigenvalue weighted by molar-refractivity contribution is 0.409. The molecule has 0 radical (unpaired) electrons. The molecule has 0 saturated carbocycles. The molecule has 0 aliphatic carbocycles. The SMILES string of the molecule is CCc1cc(F)c(C#N)c(OC)c1. The van der Waals surface area contributed by atoms with Gasteiger partial charge in [0.05, 0.1) is 7.11 Å². The van der Waals surface area contributed by atoms with E-state index in [-0.39, 0.29) is 5.56 Å². The number of hydrogen-bond donors (Lipinski definition) is 0. The Hall–Kier alpha value is -1.56. The van der Waals surface area contributed by atoms with Crippen molar-refractivity contribution in [2.45, 2.75) is 13.3 Å². The van der Waals surface area contributed by atoms with Gasteiger partial charge in [-0.15, -0.1) is 0 Å². The second kappa shape index (κ2) is 3.90. The van der Waals surface area contributed by atoms with Crippen LogP contribution in [0.5, 0.6) is 5.75 Å². The zero-order chi connectivity index (χ0) is 9.84. The Morgan fingerprint density at radius 2 is 2.23 bits per heavy atom. The van der Waals surface area contributed by atoms with Crippen LogP contribution in [-0.4, -0.2) is 7.11 Å². The van der Waals surface area contributed by atoms with Crippen molar-refractivity contribution < 1.29 is 9.13 Å². The molecule has 0 unspecified atom stereocenters. The standard InChI is InChI=1S/C10H10FNO/c1-3-7-4-9(11)8(6-12)10(5-7)13-2/h4-5H,3H2,1-2H3. The van der Waals surface area contributed by atoms with E-state index in [0.717, 1.165) is 12.0 Å².